The molecule has 0 aliphatic carbocycles. The second kappa shape index (κ2) is 10.5. The van der Waals surface area contributed by atoms with Gasteiger partial charge in [0.25, 0.3) is 0 Å². The van der Waals surface area contributed by atoms with Gasteiger partial charge in [-0.2, -0.15) is 5.10 Å². The van der Waals surface area contributed by atoms with Crippen LogP contribution < -0.4 is 0 Å². The maximum Gasteiger partial charge on any atom is 0.106 e. The zero-order chi connectivity index (χ0) is 22.4. The van der Waals surface area contributed by atoms with E-state index in [4.69, 9.17) is 10.1 Å². The van der Waals surface area contributed by atoms with Crippen molar-refractivity contribution in [1.29, 1.82) is 0 Å². The Morgan fingerprint density at radius 2 is 1.58 bits per heavy atom. The van der Waals surface area contributed by atoms with Crippen molar-refractivity contribution in [2.24, 2.45) is 4.99 Å². The van der Waals surface area contributed by atoms with Gasteiger partial charge in [0.1, 0.15) is 5.69 Å². The number of rotatable bonds is 9. The summed E-state index contributed by atoms with van der Waals surface area (Å²) in [5.41, 5.74) is 8.21. The largest absolute Gasteiger partial charge is 0.297 e. The lowest BCUT2D eigenvalue weighted by Crippen LogP contribution is -2.29. The van der Waals surface area contributed by atoms with Crippen LogP contribution in [-0.2, 0) is 19.6 Å². The van der Waals surface area contributed by atoms with Gasteiger partial charge in [0.15, 0.2) is 0 Å². The third-order valence-electron chi connectivity index (χ3n) is 5.85. The fraction of sp³-hybridized carbons (Fsp3) is 0.407. The van der Waals surface area contributed by atoms with Crippen molar-refractivity contribution >= 4 is 5.71 Å². The third kappa shape index (κ3) is 6.38. The number of hydrogen-bond acceptors (Lipinski definition) is 3. The fourth-order valence-corrected chi connectivity index (χ4v) is 3.65. The van der Waals surface area contributed by atoms with E-state index in [0.29, 0.717) is 12.6 Å². The Balaban J connectivity index is 1.63. The normalized spacial score (nSPS) is 12.2. The predicted octanol–water partition coefficient (Wildman–Crippen LogP) is 5.79. The summed E-state index contributed by atoms with van der Waals surface area (Å²) in [5.74, 6) is 0. The van der Waals surface area contributed by atoms with Crippen molar-refractivity contribution < 1.29 is 0 Å². The Morgan fingerprint density at radius 1 is 0.968 bits per heavy atom. The van der Waals surface area contributed by atoms with Gasteiger partial charge in [0, 0.05) is 18.3 Å². The molecule has 4 heteroatoms. The Bertz CT molecular complexity index is 995. The lowest BCUT2D eigenvalue weighted by Gasteiger charge is -2.24. The highest BCUT2D eigenvalue weighted by Crippen LogP contribution is 2.13. The van der Waals surface area contributed by atoms with Gasteiger partial charge < -0.3 is 0 Å². The number of aliphatic imine (C=N–C) groups is 1. The third-order valence-corrected chi connectivity index (χ3v) is 5.85. The van der Waals surface area contributed by atoms with Gasteiger partial charge in [-0.05, 0) is 63.9 Å². The molecule has 0 aliphatic heterocycles. The number of benzene rings is 2. The molecule has 3 aromatic rings. The highest BCUT2D eigenvalue weighted by Gasteiger charge is 2.09. The van der Waals surface area contributed by atoms with Crippen LogP contribution in [0.4, 0.5) is 0 Å². The number of nitrogens with zero attached hydrogens (tertiary/aromatic N) is 4. The van der Waals surface area contributed by atoms with Crippen LogP contribution in [0.2, 0.25) is 0 Å². The van der Waals surface area contributed by atoms with Crippen molar-refractivity contribution in [1.82, 2.24) is 14.7 Å². The summed E-state index contributed by atoms with van der Waals surface area (Å²) >= 11 is 0. The molecule has 0 atom stereocenters. The van der Waals surface area contributed by atoms with Gasteiger partial charge in [-0.25, -0.2) is 0 Å². The van der Waals surface area contributed by atoms with E-state index >= 15 is 0 Å². The molecule has 0 N–H and O–H groups in total. The molecule has 0 fully saturated rings. The van der Waals surface area contributed by atoms with Crippen molar-refractivity contribution in [3.05, 3.63) is 88.2 Å². The van der Waals surface area contributed by atoms with Crippen LogP contribution in [-0.4, -0.2) is 33.0 Å². The second-order valence-electron chi connectivity index (χ2n) is 8.69. The topological polar surface area (TPSA) is 33.4 Å². The van der Waals surface area contributed by atoms with Crippen LogP contribution in [0.15, 0.2) is 59.6 Å². The van der Waals surface area contributed by atoms with Gasteiger partial charge in [-0.15, -0.1) is 0 Å². The summed E-state index contributed by atoms with van der Waals surface area (Å²) in [6, 6.07) is 20.2. The molecule has 0 bridgehead atoms. The monoisotopic (exact) mass is 416 g/mol. The molecule has 0 aliphatic rings. The molecule has 0 radical (unpaired) electrons. The number of aromatic nitrogens is 2. The molecule has 0 amide bonds. The first kappa shape index (κ1) is 23.0. The summed E-state index contributed by atoms with van der Waals surface area (Å²) in [6.07, 6.45) is 0. The Kier molecular flexibility index (Phi) is 7.80. The maximum atomic E-state index is 4.80. The Morgan fingerprint density at radius 3 is 2.19 bits per heavy atom. The van der Waals surface area contributed by atoms with Crippen molar-refractivity contribution in [3.8, 4) is 0 Å². The summed E-state index contributed by atoms with van der Waals surface area (Å²) in [6.45, 7) is 16.5. The lowest BCUT2D eigenvalue weighted by atomic mass is 10.1. The van der Waals surface area contributed by atoms with Gasteiger partial charge >= 0.3 is 0 Å². The Hall–Kier alpha value is -2.72. The van der Waals surface area contributed by atoms with Crippen LogP contribution in [0.3, 0.4) is 0 Å². The Labute approximate surface area is 187 Å². The summed E-state index contributed by atoms with van der Waals surface area (Å²) in [7, 11) is 0. The van der Waals surface area contributed by atoms with E-state index in [2.05, 4.69) is 98.8 Å². The number of aryl methyl sites for hydroxylation is 2. The zero-order valence-electron chi connectivity index (χ0n) is 19.9. The van der Waals surface area contributed by atoms with E-state index in [1.807, 2.05) is 6.92 Å². The fourth-order valence-electron chi connectivity index (χ4n) is 3.65. The van der Waals surface area contributed by atoms with Crippen LogP contribution in [0, 0.1) is 13.8 Å². The highest BCUT2D eigenvalue weighted by atomic mass is 15.3. The van der Waals surface area contributed by atoms with Crippen molar-refractivity contribution in [2.45, 2.75) is 67.2 Å². The molecule has 0 saturated carbocycles. The van der Waals surface area contributed by atoms with Gasteiger partial charge in [0.05, 0.1) is 18.8 Å². The smallest absolute Gasteiger partial charge is 0.106 e. The number of hydrogen-bond donors (Lipinski definition) is 0. The standard InChI is InChI=1S/C27H36N4/c1-7-30(20(2)3)18-25-14-12-24(13-15-25)17-28-23(6)27-16-22(5)31(29-27)19-26-10-8-21(4)9-11-26/h8-16,20H,7,17-19H2,1-6H3. The van der Waals surface area contributed by atoms with E-state index in [9.17, 15) is 0 Å². The van der Waals surface area contributed by atoms with Gasteiger partial charge in [-0.3, -0.25) is 14.6 Å². The SMILES string of the molecule is CCN(Cc1ccc(CN=C(C)c2cc(C)n(Cc3ccc(C)cc3)n2)cc1)C(C)C. The predicted molar refractivity (Wildman–Crippen MR) is 131 cm³/mol. The molecule has 2 aromatic carbocycles. The van der Waals surface area contributed by atoms with Gasteiger partial charge in [-0.1, -0.05) is 61.0 Å². The minimum Gasteiger partial charge on any atom is -0.297 e. The molecule has 1 heterocycles. The molecule has 0 saturated heterocycles. The summed E-state index contributed by atoms with van der Waals surface area (Å²) < 4.78 is 2.06. The maximum absolute atomic E-state index is 4.80. The van der Waals surface area contributed by atoms with Crippen LogP contribution in [0.25, 0.3) is 0 Å². The molecule has 0 spiro atoms. The van der Waals surface area contributed by atoms with Crippen LogP contribution in [0.1, 0.15) is 61.3 Å². The molecule has 3 rings (SSSR count). The molecular weight excluding hydrogens is 380 g/mol. The van der Waals surface area contributed by atoms with Crippen LogP contribution in [0.5, 0.6) is 0 Å². The summed E-state index contributed by atoms with van der Waals surface area (Å²) in [5, 5.41) is 4.79. The van der Waals surface area contributed by atoms with Crippen molar-refractivity contribution in [2.75, 3.05) is 6.54 Å². The first-order chi connectivity index (χ1) is 14.9. The van der Waals surface area contributed by atoms with Crippen LogP contribution >= 0.6 is 0 Å². The first-order valence-corrected chi connectivity index (χ1v) is 11.3. The molecule has 164 valence electrons. The minimum absolute atomic E-state index is 0.561. The molecular formula is C27H36N4. The van der Waals surface area contributed by atoms with Gasteiger partial charge in [0.2, 0.25) is 0 Å². The second-order valence-corrected chi connectivity index (χ2v) is 8.69. The van der Waals surface area contributed by atoms with E-state index < -0.39 is 0 Å². The van der Waals surface area contributed by atoms with E-state index in [1.54, 1.807) is 0 Å². The zero-order valence-corrected chi connectivity index (χ0v) is 19.9. The molecule has 4 nitrogen and oxygen atoms in total. The first-order valence-electron chi connectivity index (χ1n) is 11.3. The van der Waals surface area contributed by atoms with E-state index in [0.717, 1.165) is 36.7 Å². The lowest BCUT2D eigenvalue weighted by molar-refractivity contribution is 0.225. The minimum atomic E-state index is 0.561. The van der Waals surface area contributed by atoms with E-state index in [1.165, 1.54) is 22.3 Å². The van der Waals surface area contributed by atoms with Crippen molar-refractivity contribution in [3.63, 3.8) is 0 Å². The molecule has 0 unspecified atom stereocenters. The molecule has 1 aromatic heterocycles. The highest BCUT2D eigenvalue weighted by molar-refractivity contribution is 5.97. The average molecular weight is 417 g/mol. The quantitative estimate of drug-likeness (QED) is 0.414. The van der Waals surface area contributed by atoms with E-state index in [-0.39, 0.29) is 0 Å². The molecule has 31 heavy (non-hydrogen) atoms. The average Bonchev–Trinajstić information content (AvgIpc) is 3.12. The summed E-state index contributed by atoms with van der Waals surface area (Å²) in [4.78, 5) is 7.27.